The molecule has 7 heteroatoms. The van der Waals surface area contributed by atoms with Crippen molar-refractivity contribution < 1.29 is 19.1 Å². The number of halogens is 1. The molecule has 31 heavy (non-hydrogen) atoms. The SMILES string of the molecule is Cc1cccc(C)c1NC(=O)CNC(=O)[C@@H](C)OC(=O)C12C[C@H]3C[C@@H](CC(Cl)(C3)C1)C2. The maximum Gasteiger partial charge on any atom is 0.312 e. The molecule has 168 valence electrons. The number of ether oxygens (including phenoxy) is 1. The highest BCUT2D eigenvalue weighted by Crippen LogP contribution is 2.64. The summed E-state index contributed by atoms with van der Waals surface area (Å²) in [7, 11) is 0. The Morgan fingerprint density at radius 2 is 1.74 bits per heavy atom. The smallest absolute Gasteiger partial charge is 0.312 e. The molecule has 4 aliphatic rings. The van der Waals surface area contributed by atoms with Crippen molar-refractivity contribution in [1.29, 1.82) is 0 Å². The molecule has 5 rings (SSSR count). The fourth-order valence-electron chi connectivity index (χ4n) is 6.24. The molecule has 4 saturated carbocycles. The van der Waals surface area contributed by atoms with E-state index in [4.69, 9.17) is 16.3 Å². The average molecular weight is 447 g/mol. The zero-order valence-electron chi connectivity index (χ0n) is 18.4. The van der Waals surface area contributed by atoms with Gasteiger partial charge in [-0.2, -0.15) is 0 Å². The second-order valence-corrected chi connectivity index (χ2v) is 10.8. The Kier molecular flexibility index (Phi) is 5.80. The Bertz CT molecular complexity index is 881. The molecule has 4 fully saturated rings. The lowest BCUT2D eigenvalue weighted by atomic mass is 9.49. The minimum absolute atomic E-state index is 0.186. The average Bonchev–Trinajstić information content (AvgIpc) is 2.67. The molecule has 0 aromatic heterocycles. The van der Waals surface area contributed by atoms with Gasteiger partial charge in [-0.3, -0.25) is 14.4 Å². The standard InChI is InChI=1S/C24H31ClN2O4/c1-14-5-4-6-15(2)20(14)27-19(28)12-26-21(29)16(3)31-22(30)23-8-17-7-18(9-23)11-24(25,10-17)13-23/h4-6,16-18H,7-13H2,1-3H3,(H,26,29)(H,27,28)/t16-,17-,18-,23?,24?/m1/s1. The molecule has 0 unspecified atom stereocenters. The van der Waals surface area contributed by atoms with Crippen LogP contribution in [0, 0.1) is 31.1 Å². The number of hydrogen-bond acceptors (Lipinski definition) is 4. The minimum Gasteiger partial charge on any atom is -0.452 e. The van der Waals surface area contributed by atoms with Crippen LogP contribution in [0.15, 0.2) is 18.2 Å². The number of nitrogens with one attached hydrogen (secondary N) is 2. The molecule has 1 aromatic carbocycles. The molecule has 4 bridgehead atoms. The molecular formula is C24H31ClN2O4. The van der Waals surface area contributed by atoms with Crippen LogP contribution in [0.2, 0.25) is 0 Å². The van der Waals surface area contributed by atoms with E-state index < -0.39 is 17.4 Å². The van der Waals surface area contributed by atoms with Gasteiger partial charge >= 0.3 is 5.97 Å². The number of carbonyl (C=O) groups is 3. The lowest BCUT2D eigenvalue weighted by molar-refractivity contribution is -0.177. The van der Waals surface area contributed by atoms with Crippen LogP contribution >= 0.6 is 11.6 Å². The summed E-state index contributed by atoms with van der Waals surface area (Å²) in [5, 5.41) is 5.40. The highest BCUT2D eigenvalue weighted by molar-refractivity contribution is 6.24. The predicted octanol–water partition coefficient (Wildman–Crippen LogP) is 3.87. The largest absolute Gasteiger partial charge is 0.452 e. The second kappa shape index (κ2) is 8.12. The van der Waals surface area contributed by atoms with Crippen molar-refractivity contribution in [3.05, 3.63) is 29.3 Å². The molecule has 0 aliphatic heterocycles. The molecule has 2 amide bonds. The van der Waals surface area contributed by atoms with E-state index in [-0.39, 0.29) is 23.3 Å². The van der Waals surface area contributed by atoms with Gasteiger partial charge in [0.05, 0.1) is 12.0 Å². The zero-order chi connectivity index (χ0) is 22.4. The van der Waals surface area contributed by atoms with Crippen molar-refractivity contribution in [1.82, 2.24) is 5.32 Å². The van der Waals surface area contributed by atoms with Gasteiger partial charge in [0.25, 0.3) is 5.91 Å². The van der Waals surface area contributed by atoms with Crippen LogP contribution < -0.4 is 10.6 Å². The van der Waals surface area contributed by atoms with Gasteiger partial charge in [0.15, 0.2) is 6.10 Å². The van der Waals surface area contributed by atoms with Crippen LogP contribution in [0.25, 0.3) is 0 Å². The fraction of sp³-hybridized carbons (Fsp3) is 0.625. The maximum atomic E-state index is 13.1. The van der Waals surface area contributed by atoms with Crippen LogP contribution in [-0.2, 0) is 19.1 Å². The lowest BCUT2D eigenvalue weighted by Crippen LogP contribution is -2.57. The predicted molar refractivity (Wildman–Crippen MR) is 119 cm³/mol. The molecule has 0 saturated heterocycles. The van der Waals surface area contributed by atoms with E-state index in [1.807, 2.05) is 32.0 Å². The Balaban J connectivity index is 1.30. The van der Waals surface area contributed by atoms with Crippen LogP contribution in [0.3, 0.4) is 0 Å². The Morgan fingerprint density at radius 3 is 2.32 bits per heavy atom. The number of amides is 2. The zero-order valence-corrected chi connectivity index (χ0v) is 19.2. The van der Waals surface area contributed by atoms with Crippen LogP contribution in [0.1, 0.15) is 56.6 Å². The highest BCUT2D eigenvalue weighted by Gasteiger charge is 2.61. The third kappa shape index (κ3) is 4.45. The van der Waals surface area contributed by atoms with Crippen molar-refractivity contribution in [2.45, 2.75) is 70.3 Å². The summed E-state index contributed by atoms with van der Waals surface area (Å²) in [4.78, 5) is 37.5. The fourth-order valence-corrected chi connectivity index (χ4v) is 6.93. The molecule has 0 radical (unpaired) electrons. The van der Waals surface area contributed by atoms with Crippen LogP contribution in [0.5, 0.6) is 0 Å². The van der Waals surface area contributed by atoms with E-state index in [0.29, 0.717) is 18.3 Å². The third-order valence-corrected chi connectivity index (χ3v) is 7.69. The van der Waals surface area contributed by atoms with E-state index in [2.05, 4.69) is 10.6 Å². The number of benzene rings is 1. The summed E-state index contributed by atoms with van der Waals surface area (Å²) in [6.45, 7) is 5.19. The van der Waals surface area contributed by atoms with Crippen molar-refractivity contribution in [2.75, 3.05) is 11.9 Å². The lowest BCUT2D eigenvalue weighted by Gasteiger charge is -2.58. The minimum atomic E-state index is -0.959. The summed E-state index contributed by atoms with van der Waals surface area (Å²) in [5.74, 6) is -0.160. The van der Waals surface area contributed by atoms with Crippen molar-refractivity contribution in [3.8, 4) is 0 Å². The number of anilines is 1. The second-order valence-electron chi connectivity index (χ2n) is 9.97. The van der Waals surface area contributed by atoms with Gasteiger partial charge in [0.2, 0.25) is 5.91 Å². The van der Waals surface area contributed by atoms with Crippen LogP contribution in [-0.4, -0.2) is 35.3 Å². The number of para-hydroxylation sites is 1. The van der Waals surface area contributed by atoms with Crippen molar-refractivity contribution >= 4 is 35.1 Å². The van der Waals surface area contributed by atoms with E-state index in [9.17, 15) is 14.4 Å². The summed E-state index contributed by atoms with van der Waals surface area (Å²) >= 11 is 6.81. The van der Waals surface area contributed by atoms with Gasteiger partial charge in [0.1, 0.15) is 0 Å². The van der Waals surface area contributed by atoms with Gasteiger partial charge in [-0.05, 0) is 82.3 Å². The Labute approximate surface area is 188 Å². The summed E-state index contributed by atoms with van der Waals surface area (Å²) in [6.07, 6.45) is 4.40. The van der Waals surface area contributed by atoms with Crippen molar-refractivity contribution in [2.24, 2.45) is 17.3 Å². The normalized spacial score (nSPS) is 31.7. The topological polar surface area (TPSA) is 84.5 Å². The van der Waals surface area contributed by atoms with Gasteiger partial charge < -0.3 is 15.4 Å². The summed E-state index contributed by atoms with van der Waals surface area (Å²) in [5.41, 5.74) is 2.10. The van der Waals surface area contributed by atoms with Gasteiger partial charge in [-0.15, -0.1) is 11.6 Å². The molecular weight excluding hydrogens is 416 g/mol. The van der Waals surface area contributed by atoms with E-state index in [0.717, 1.165) is 48.9 Å². The van der Waals surface area contributed by atoms with Gasteiger partial charge in [-0.25, -0.2) is 0 Å². The molecule has 0 spiro atoms. The Morgan fingerprint density at radius 1 is 1.13 bits per heavy atom. The van der Waals surface area contributed by atoms with Crippen LogP contribution in [0.4, 0.5) is 5.69 Å². The van der Waals surface area contributed by atoms with Gasteiger partial charge in [0, 0.05) is 10.6 Å². The van der Waals surface area contributed by atoms with Gasteiger partial charge in [-0.1, -0.05) is 18.2 Å². The number of rotatable bonds is 6. The number of aryl methyl sites for hydroxylation is 2. The molecule has 4 aliphatic carbocycles. The number of alkyl halides is 1. The van der Waals surface area contributed by atoms with E-state index in [1.165, 1.54) is 0 Å². The first-order valence-corrected chi connectivity index (χ1v) is 11.5. The molecule has 3 atom stereocenters. The summed E-state index contributed by atoms with van der Waals surface area (Å²) in [6, 6.07) is 5.75. The number of carbonyl (C=O) groups excluding carboxylic acids is 3. The quantitative estimate of drug-likeness (QED) is 0.513. The molecule has 1 aromatic rings. The molecule has 2 N–H and O–H groups in total. The number of esters is 1. The Hall–Kier alpha value is -2.08. The first kappa shape index (κ1) is 22.1. The third-order valence-electron chi connectivity index (χ3n) is 7.24. The number of hydrogen-bond donors (Lipinski definition) is 2. The van der Waals surface area contributed by atoms with Crippen molar-refractivity contribution in [3.63, 3.8) is 0 Å². The monoisotopic (exact) mass is 446 g/mol. The summed E-state index contributed by atoms with van der Waals surface area (Å²) < 4.78 is 5.59. The first-order chi connectivity index (χ1) is 14.6. The first-order valence-electron chi connectivity index (χ1n) is 11.1. The molecule has 0 heterocycles. The van der Waals surface area contributed by atoms with E-state index >= 15 is 0 Å². The van der Waals surface area contributed by atoms with E-state index in [1.54, 1.807) is 6.92 Å². The maximum absolute atomic E-state index is 13.1. The molecule has 6 nitrogen and oxygen atoms in total. The highest BCUT2D eigenvalue weighted by atomic mass is 35.5.